The SMILES string of the molecule is CC(C)C(=O)Nc1ccc(CNC(=O)c2cccc(S(C)(=O)=O)c2)cc1. The van der Waals surface area contributed by atoms with Crippen LogP contribution in [0.15, 0.2) is 53.4 Å². The Morgan fingerprint density at radius 2 is 1.69 bits per heavy atom. The molecule has 0 saturated heterocycles. The zero-order chi connectivity index (χ0) is 19.3. The summed E-state index contributed by atoms with van der Waals surface area (Å²) in [6, 6.07) is 13.1. The number of hydrogen-bond acceptors (Lipinski definition) is 4. The Bertz CT molecular complexity index is 903. The molecule has 2 aromatic rings. The predicted molar refractivity (Wildman–Crippen MR) is 101 cm³/mol. The fraction of sp³-hybridized carbons (Fsp3) is 0.263. The molecule has 7 heteroatoms. The summed E-state index contributed by atoms with van der Waals surface area (Å²) in [6.45, 7) is 3.93. The lowest BCUT2D eigenvalue weighted by molar-refractivity contribution is -0.118. The smallest absolute Gasteiger partial charge is 0.251 e. The molecule has 0 bridgehead atoms. The highest BCUT2D eigenvalue weighted by molar-refractivity contribution is 7.90. The Labute approximate surface area is 153 Å². The fourth-order valence-corrected chi connectivity index (χ4v) is 2.81. The van der Waals surface area contributed by atoms with Gasteiger partial charge in [-0.1, -0.05) is 32.0 Å². The maximum absolute atomic E-state index is 12.2. The van der Waals surface area contributed by atoms with Crippen LogP contribution in [0.2, 0.25) is 0 Å². The maximum atomic E-state index is 12.2. The summed E-state index contributed by atoms with van der Waals surface area (Å²) < 4.78 is 23.2. The Hall–Kier alpha value is -2.67. The summed E-state index contributed by atoms with van der Waals surface area (Å²) in [5.41, 5.74) is 1.84. The second-order valence-corrected chi connectivity index (χ2v) is 8.34. The highest BCUT2D eigenvalue weighted by atomic mass is 32.2. The van der Waals surface area contributed by atoms with E-state index in [1.807, 2.05) is 26.0 Å². The lowest BCUT2D eigenvalue weighted by Crippen LogP contribution is -2.23. The van der Waals surface area contributed by atoms with Crippen LogP contribution in [-0.4, -0.2) is 26.5 Å². The Morgan fingerprint density at radius 3 is 2.27 bits per heavy atom. The molecule has 2 amide bonds. The van der Waals surface area contributed by atoms with Crippen molar-refractivity contribution in [3.63, 3.8) is 0 Å². The zero-order valence-electron chi connectivity index (χ0n) is 14.9. The monoisotopic (exact) mass is 374 g/mol. The van der Waals surface area contributed by atoms with Crippen LogP contribution < -0.4 is 10.6 Å². The Kier molecular flexibility index (Phi) is 6.15. The van der Waals surface area contributed by atoms with Gasteiger partial charge >= 0.3 is 0 Å². The van der Waals surface area contributed by atoms with Crippen molar-refractivity contribution < 1.29 is 18.0 Å². The van der Waals surface area contributed by atoms with Crippen LogP contribution in [0.25, 0.3) is 0 Å². The molecule has 0 radical (unpaired) electrons. The van der Waals surface area contributed by atoms with Crippen LogP contribution in [0.3, 0.4) is 0 Å². The molecule has 0 spiro atoms. The van der Waals surface area contributed by atoms with Crippen LogP contribution in [0, 0.1) is 5.92 Å². The number of sulfone groups is 1. The molecule has 0 heterocycles. The van der Waals surface area contributed by atoms with Crippen LogP contribution in [0.5, 0.6) is 0 Å². The molecular formula is C19H22N2O4S. The molecule has 26 heavy (non-hydrogen) atoms. The van der Waals surface area contributed by atoms with E-state index in [2.05, 4.69) is 10.6 Å². The number of anilines is 1. The Balaban J connectivity index is 1.98. The highest BCUT2D eigenvalue weighted by Crippen LogP contribution is 2.13. The van der Waals surface area contributed by atoms with Gasteiger partial charge in [0.05, 0.1) is 4.90 Å². The Morgan fingerprint density at radius 1 is 1.04 bits per heavy atom. The number of carbonyl (C=O) groups excluding carboxylic acids is 2. The highest BCUT2D eigenvalue weighted by Gasteiger charge is 2.11. The average Bonchev–Trinajstić information content (AvgIpc) is 2.60. The molecular weight excluding hydrogens is 352 g/mol. The van der Waals surface area contributed by atoms with Crippen LogP contribution in [-0.2, 0) is 21.2 Å². The molecule has 0 aromatic heterocycles. The molecule has 2 N–H and O–H groups in total. The van der Waals surface area contributed by atoms with Gasteiger partial charge in [0.25, 0.3) is 5.91 Å². The summed E-state index contributed by atoms with van der Waals surface area (Å²) in [5.74, 6) is -0.513. The third kappa shape index (κ3) is 5.42. The van der Waals surface area contributed by atoms with Gasteiger partial charge in [0.15, 0.2) is 9.84 Å². The van der Waals surface area contributed by atoms with Gasteiger partial charge in [-0.15, -0.1) is 0 Å². The van der Waals surface area contributed by atoms with E-state index in [-0.39, 0.29) is 28.2 Å². The van der Waals surface area contributed by atoms with Crippen molar-refractivity contribution in [3.05, 3.63) is 59.7 Å². The van der Waals surface area contributed by atoms with Crippen molar-refractivity contribution in [2.24, 2.45) is 5.92 Å². The molecule has 2 aromatic carbocycles. The van der Waals surface area contributed by atoms with E-state index in [9.17, 15) is 18.0 Å². The van der Waals surface area contributed by atoms with Crippen molar-refractivity contribution in [2.75, 3.05) is 11.6 Å². The molecule has 0 aliphatic carbocycles. The molecule has 0 unspecified atom stereocenters. The van der Waals surface area contributed by atoms with E-state index in [0.29, 0.717) is 12.2 Å². The van der Waals surface area contributed by atoms with E-state index in [4.69, 9.17) is 0 Å². The van der Waals surface area contributed by atoms with E-state index in [1.54, 1.807) is 18.2 Å². The first kappa shape index (κ1) is 19.7. The largest absolute Gasteiger partial charge is 0.348 e. The third-order valence-electron chi connectivity index (χ3n) is 3.72. The normalized spacial score (nSPS) is 11.2. The first-order valence-corrected chi connectivity index (χ1v) is 10.0. The molecule has 2 rings (SSSR count). The van der Waals surface area contributed by atoms with Gasteiger partial charge in [-0.2, -0.15) is 0 Å². The summed E-state index contributed by atoms with van der Waals surface area (Å²) in [7, 11) is -3.36. The summed E-state index contributed by atoms with van der Waals surface area (Å²) in [5, 5.41) is 5.55. The van der Waals surface area contributed by atoms with Crippen molar-refractivity contribution in [1.82, 2.24) is 5.32 Å². The number of benzene rings is 2. The summed E-state index contributed by atoms with van der Waals surface area (Å²) in [4.78, 5) is 24.0. The zero-order valence-corrected chi connectivity index (χ0v) is 15.8. The van der Waals surface area contributed by atoms with Crippen LogP contribution >= 0.6 is 0 Å². The van der Waals surface area contributed by atoms with Crippen molar-refractivity contribution in [2.45, 2.75) is 25.3 Å². The van der Waals surface area contributed by atoms with Gasteiger partial charge in [-0.3, -0.25) is 9.59 Å². The van der Waals surface area contributed by atoms with Gasteiger partial charge in [-0.25, -0.2) is 8.42 Å². The minimum atomic E-state index is -3.36. The van der Waals surface area contributed by atoms with Gasteiger partial charge in [-0.05, 0) is 35.9 Å². The molecule has 0 aliphatic rings. The van der Waals surface area contributed by atoms with Gasteiger partial charge < -0.3 is 10.6 Å². The topological polar surface area (TPSA) is 92.3 Å². The van der Waals surface area contributed by atoms with Crippen LogP contribution in [0.4, 0.5) is 5.69 Å². The average molecular weight is 374 g/mol. The first-order chi connectivity index (χ1) is 12.2. The number of amides is 2. The molecule has 0 fully saturated rings. The quantitative estimate of drug-likeness (QED) is 0.813. The number of rotatable bonds is 6. The van der Waals surface area contributed by atoms with Crippen LogP contribution in [0.1, 0.15) is 29.8 Å². The van der Waals surface area contributed by atoms with Crippen molar-refractivity contribution >= 4 is 27.3 Å². The lowest BCUT2D eigenvalue weighted by Gasteiger charge is -2.09. The van der Waals surface area contributed by atoms with E-state index in [1.165, 1.54) is 18.2 Å². The molecule has 0 saturated carbocycles. The van der Waals surface area contributed by atoms with Crippen molar-refractivity contribution in [1.29, 1.82) is 0 Å². The van der Waals surface area contributed by atoms with Gasteiger partial charge in [0, 0.05) is 30.0 Å². The second kappa shape index (κ2) is 8.14. The summed E-state index contributed by atoms with van der Waals surface area (Å²) in [6.07, 6.45) is 1.10. The first-order valence-electron chi connectivity index (χ1n) is 8.15. The molecule has 138 valence electrons. The maximum Gasteiger partial charge on any atom is 0.251 e. The minimum Gasteiger partial charge on any atom is -0.348 e. The molecule has 0 aliphatic heterocycles. The van der Waals surface area contributed by atoms with E-state index in [0.717, 1.165) is 11.8 Å². The van der Waals surface area contributed by atoms with Gasteiger partial charge in [0.1, 0.15) is 0 Å². The lowest BCUT2D eigenvalue weighted by atomic mass is 10.1. The minimum absolute atomic E-state index is 0.0585. The van der Waals surface area contributed by atoms with Gasteiger partial charge in [0.2, 0.25) is 5.91 Å². The van der Waals surface area contributed by atoms with E-state index < -0.39 is 9.84 Å². The third-order valence-corrected chi connectivity index (χ3v) is 4.83. The number of carbonyl (C=O) groups is 2. The standard InChI is InChI=1S/C19H22N2O4S/c1-13(2)18(22)21-16-9-7-14(8-10-16)12-20-19(23)15-5-4-6-17(11-15)26(3,24)25/h4-11,13H,12H2,1-3H3,(H,20,23)(H,21,22). The number of nitrogens with one attached hydrogen (secondary N) is 2. The molecule has 6 nitrogen and oxygen atoms in total. The number of hydrogen-bond donors (Lipinski definition) is 2. The fourth-order valence-electron chi connectivity index (χ4n) is 2.14. The second-order valence-electron chi connectivity index (χ2n) is 6.32. The summed E-state index contributed by atoms with van der Waals surface area (Å²) >= 11 is 0. The van der Waals surface area contributed by atoms with Crippen molar-refractivity contribution in [3.8, 4) is 0 Å². The van der Waals surface area contributed by atoms with E-state index >= 15 is 0 Å². The predicted octanol–water partition coefficient (Wildman–Crippen LogP) is 2.61. The molecule has 0 atom stereocenters.